The monoisotopic (exact) mass is 537 g/mol. The van der Waals surface area contributed by atoms with Gasteiger partial charge in [0.2, 0.25) is 0 Å². The molecule has 39 heavy (non-hydrogen) atoms. The quantitative estimate of drug-likeness (QED) is 0.138. The van der Waals surface area contributed by atoms with Gasteiger partial charge in [0.25, 0.3) is 0 Å². The molecule has 0 saturated carbocycles. The standard InChI is InChI=1S/C33H47NO5/c1-22(2)27(18-25-14-15-30(37-7)32(19-25)38-17-11-16-36-6)20-29(31-21-28(23(3)4)33(35)39-31)34-24(5)26-12-9-8-10-13-26/h8-10,12-15,19,22-24,27-28,31H,11,16-18,20-21H2,1-7H3/t24-,27+,28+,31?/m1/s1. The predicted octanol–water partition coefficient (Wildman–Crippen LogP) is 7.11. The summed E-state index contributed by atoms with van der Waals surface area (Å²) in [7, 11) is 3.36. The van der Waals surface area contributed by atoms with E-state index in [2.05, 4.69) is 58.9 Å². The van der Waals surface area contributed by atoms with Crippen LogP contribution in [-0.2, 0) is 20.7 Å². The Morgan fingerprint density at radius 1 is 1.00 bits per heavy atom. The highest BCUT2D eigenvalue weighted by atomic mass is 16.6. The van der Waals surface area contributed by atoms with Gasteiger partial charge >= 0.3 is 5.97 Å². The number of carbonyl (C=O) groups is 1. The van der Waals surface area contributed by atoms with Crippen LogP contribution in [0.25, 0.3) is 0 Å². The van der Waals surface area contributed by atoms with E-state index in [1.807, 2.05) is 24.3 Å². The zero-order chi connectivity index (χ0) is 28.4. The molecule has 6 heteroatoms. The van der Waals surface area contributed by atoms with Crippen molar-refractivity contribution in [1.82, 2.24) is 0 Å². The van der Waals surface area contributed by atoms with E-state index in [-0.39, 0.29) is 30.0 Å². The maximum atomic E-state index is 12.7. The second-order valence-corrected chi connectivity index (χ2v) is 11.3. The summed E-state index contributed by atoms with van der Waals surface area (Å²) < 4.78 is 22.7. The zero-order valence-corrected chi connectivity index (χ0v) is 24.8. The Morgan fingerprint density at radius 2 is 1.74 bits per heavy atom. The van der Waals surface area contributed by atoms with Gasteiger partial charge in [0, 0.05) is 26.6 Å². The average molecular weight is 538 g/mol. The summed E-state index contributed by atoms with van der Waals surface area (Å²) >= 11 is 0. The second kappa shape index (κ2) is 15.1. The highest BCUT2D eigenvalue weighted by Crippen LogP contribution is 2.34. The first-order valence-corrected chi connectivity index (χ1v) is 14.3. The smallest absolute Gasteiger partial charge is 0.310 e. The van der Waals surface area contributed by atoms with Gasteiger partial charge in [-0.2, -0.15) is 0 Å². The van der Waals surface area contributed by atoms with Crippen molar-refractivity contribution in [2.24, 2.45) is 28.7 Å². The molecule has 0 bridgehead atoms. The van der Waals surface area contributed by atoms with Crippen molar-refractivity contribution in [1.29, 1.82) is 0 Å². The first kappa shape index (κ1) is 30.7. The lowest BCUT2D eigenvalue weighted by Crippen LogP contribution is -2.27. The minimum absolute atomic E-state index is 0.0149. The summed E-state index contributed by atoms with van der Waals surface area (Å²) in [6.45, 7) is 12.0. The Hall–Kier alpha value is -2.86. The molecular weight excluding hydrogens is 490 g/mol. The molecule has 1 aliphatic rings. The van der Waals surface area contributed by atoms with Crippen LogP contribution in [0, 0.1) is 23.7 Å². The van der Waals surface area contributed by atoms with Gasteiger partial charge < -0.3 is 18.9 Å². The van der Waals surface area contributed by atoms with Crippen molar-refractivity contribution >= 4 is 11.7 Å². The molecule has 2 aromatic rings. The van der Waals surface area contributed by atoms with E-state index in [9.17, 15) is 4.79 Å². The van der Waals surface area contributed by atoms with Crippen molar-refractivity contribution in [3.05, 3.63) is 59.7 Å². The Balaban J connectivity index is 1.85. The van der Waals surface area contributed by atoms with Crippen LogP contribution >= 0.6 is 0 Å². The van der Waals surface area contributed by atoms with Gasteiger partial charge in [-0.25, -0.2) is 0 Å². The van der Waals surface area contributed by atoms with Crippen LogP contribution in [-0.4, -0.2) is 45.2 Å². The van der Waals surface area contributed by atoms with Gasteiger partial charge in [0.15, 0.2) is 11.5 Å². The van der Waals surface area contributed by atoms with Crippen molar-refractivity contribution < 1.29 is 23.7 Å². The third-order valence-electron chi connectivity index (χ3n) is 7.74. The molecule has 1 saturated heterocycles. The third kappa shape index (κ3) is 8.82. The Kier molecular flexibility index (Phi) is 11.9. The maximum Gasteiger partial charge on any atom is 0.310 e. The van der Waals surface area contributed by atoms with Crippen molar-refractivity contribution in [3.63, 3.8) is 0 Å². The molecule has 1 fully saturated rings. The van der Waals surface area contributed by atoms with Gasteiger partial charge in [-0.05, 0) is 60.8 Å². The van der Waals surface area contributed by atoms with Gasteiger partial charge in [0.1, 0.15) is 6.10 Å². The number of hydrogen-bond acceptors (Lipinski definition) is 6. The molecule has 1 heterocycles. The molecule has 0 aromatic heterocycles. The number of aliphatic imine (C=N–C) groups is 1. The number of rotatable bonds is 15. The first-order chi connectivity index (χ1) is 18.7. The number of ether oxygens (including phenoxy) is 4. The van der Waals surface area contributed by atoms with E-state index in [4.69, 9.17) is 23.9 Å². The molecule has 0 spiro atoms. The molecule has 0 N–H and O–H groups in total. The minimum atomic E-state index is -0.271. The zero-order valence-electron chi connectivity index (χ0n) is 24.8. The molecule has 0 aliphatic carbocycles. The predicted molar refractivity (Wildman–Crippen MR) is 157 cm³/mol. The second-order valence-electron chi connectivity index (χ2n) is 11.3. The molecule has 6 nitrogen and oxygen atoms in total. The van der Waals surface area contributed by atoms with Crippen LogP contribution in [0.1, 0.15) is 71.0 Å². The highest BCUT2D eigenvalue weighted by molar-refractivity contribution is 5.93. The van der Waals surface area contributed by atoms with Gasteiger partial charge in [0.05, 0.1) is 31.4 Å². The normalized spacial score (nSPS) is 19.3. The van der Waals surface area contributed by atoms with E-state index in [0.717, 1.165) is 42.0 Å². The molecular formula is C33H47NO5. The lowest BCUT2D eigenvalue weighted by atomic mass is 9.82. The largest absolute Gasteiger partial charge is 0.493 e. The summed E-state index contributed by atoms with van der Waals surface area (Å²) in [6, 6.07) is 16.5. The summed E-state index contributed by atoms with van der Waals surface area (Å²) in [5.41, 5.74) is 3.34. The van der Waals surface area contributed by atoms with Crippen LogP contribution in [0.15, 0.2) is 53.5 Å². The van der Waals surface area contributed by atoms with Crippen LogP contribution in [0.2, 0.25) is 0 Å². The molecule has 3 rings (SSSR count). The first-order valence-electron chi connectivity index (χ1n) is 14.3. The summed E-state index contributed by atoms with van der Waals surface area (Å²) in [5.74, 6) is 2.29. The average Bonchev–Trinajstić information content (AvgIpc) is 3.32. The topological polar surface area (TPSA) is 66.4 Å². The molecule has 0 amide bonds. The molecule has 4 atom stereocenters. The summed E-state index contributed by atoms with van der Waals surface area (Å²) in [6.07, 6.45) is 2.88. The number of methoxy groups -OCH3 is 2. The third-order valence-corrected chi connectivity index (χ3v) is 7.74. The van der Waals surface area contributed by atoms with Crippen LogP contribution < -0.4 is 9.47 Å². The fourth-order valence-corrected chi connectivity index (χ4v) is 5.13. The number of esters is 1. The fraction of sp³-hybridized carbons (Fsp3) is 0.576. The highest BCUT2D eigenvalue weighted by Gasteiger charge is 2.39. The van der Waals surface area contributed by atoms with Crippen LogP contribution in [0.5, 0.6) is 11.5 Å². The lowest BCUT2D eigenvalue weighted by molar-refractivity contribution is -0.143. The van der Waals surface area contributed by atoms with E-state index in [1.165, 1.54) is 5.56 Å². The van der Waals surface area contributed by atoms with Crippen molar-refractivity contribution in [2.75, 3.05) is 27.4 Å². The number of carbonyl (C=O) groups excluding carboxylic acids is 1. The Bertz CT molecular complexity index is 1070. The molecule has 1 unspecified atom stereocenters. The molecule has 214 valence electrons. The lowest BCUT2D eigenvalue weighted by Gasteiger charge is -2.25. The number of hydrogen-bond donors (Lipinski definition) is 0. The number of benzene rings is 2. The maximum absolute atomic E-state index is 12.7. The van der Waals surface area contributed by atoms with Crippen LogP contribution in [0.3, 0.4) is 0 Å². The van der Waals surface area contributed by atoms with Gasteiger partial charge in [-0.1, -0.05) is 64.1 Å². The van der Waals surface area contributed by atoms with Crippen molar-refractivity contribution in [3.8, 4) is 11.5 Å². The number of nitrogens with zero attached hydrogens (tertiary/aromatic N) is 1. The van der Waals surface area contributed by atoms with E-state index < -0.39 is 0 Å². The SMILES string of the molecule is COCCCOc1cc(C[C@@H](CC(=N[C@H](C)c2ccccc2)C2C[C@@H](C(C)C)C(=O)O2)C(C)C)ccc1OC. The Labute approximate surface area is 235 Å². The van der Waals surface area contributed by atoms with Crippen molar-refractivity contribution in [2.45, 2.75) is 72.4 Å². The van der Waals surface area contributed by atoms with E-state index in [1.54, 1.807) is 14.2 Å². The van der Waals surface area contributed by atoms with Crippen LogP contribution in [0.4, 0.5) is 0 Å². The minimum Gasteiger partial charge on any atom is -0.493 e. The molecule has 1 aliphatic heterocycles. The van der Waals surface area contributed by atoms with Gasteiger partial charge in [-0.3, -0.25) is 9.79 Å². The Morgan fingerprint density at radius 3 is 2.36 bits per heavy atom. The van der Waals surface area contributed by atoms with E-state index >= 15 is 0 Å². The summed E-state index contributed by atoms with van der Waals surface area (Å²) in [5, 5.41) is 0. The van der Waals surface area contributed by atoms with Gasteiger partial charge in [-0.15, -0.1) is 0 Å². The fourth-order valence-electron chi connectivity index (χ4n) is 5.13. The molecule has 2 aromatic carbocycles. The molecule has 0 radical (unpaired) electrons. The number of cyclic esters (lactones) is 1. The van der Waals surface area contributed by atoms with E-state index in [0.29, 0.717) is 31.5 Å². The summed E-state index contributed by atoms with van der Waals surface area (Å²) in [4.78, 5) is 17.9.